The summed E-state index contributed by atoms with van der Waals surface area (Å²) in [6.07, 6.45) is 0.714. The highest BCUT2D eigenvalue weighted by Gasteiger charge is 2.34. The van der Waals surface area contributed by atoms with Gasteiger partial charge in [0.2, 0.25) is 0 Å². The molecule has 0 radical (unpaired) electrons. The van der Waals surface area contributed by atoms with Gasteiger partial charge in [-0.3, -0.25) is 9.59 Å². The van der Waals surface area contributed by atoms with Crippen molar-refractivity contribution in [3.05, 3.63) is 75.1 Å². The van der Waals surface area contributed by atoms with Gasteiger partial charge in [-0.2, -0.15) is 5.10 Å². The molecule has 4 rings (SSSR count). The van der Waals surface area contributed by atoms with E-state index in [1.54, 1.807) is 22.7 Å². The van der Waals surface area contributed by atoms with E-state index in [1.807, 2.05) is 65.4 Å². The van der Waals surface area contributed by atoms with Gasteiger partial charge >= 0.3 is 5.97 Å². The molecular weight excluding hydrogens is 420 g/mol. The predicted octanol–water partition coefficient (Wildman–Crippen LogP) is 4.50. The number of para-hydroxylation sites is 1. The van der Waals surface area contributed by atoms with E-state index in [2.05, 4.69) is 5.10 Å². The number of carbonyl (C=O) groups is 2. The van der Waals surface area contributed by atoms with Crippen LogP contribution in [0.4, 0.5) is 0 Å². The van der Waals surface area contributed by atoms with E-state index in [1.165, 1.54) is 5.01 Å². The molecule has 0 spiro atoms. The summed E-state index contributed by atoms with van der Waals surface area (Å²) in [6.45, 7) is -0.146. The average molecular weight is 441 g/mol. The summed E-state index contributed by atoms with van der Waals surface area (Å²) in [7, 11) is 0. The minimum Gasteiger partial charge on any atom is -0.493 e. The number of esters is 1. The van der Waals surface area contributed by atoms with Crippen molar-refractivity contribution in [1.29, 1.82) is 0 Å². The first kappa shape index (κ1) is 20.3. The molecule has 0 aliphatic carbocycles. The van der Waals surface area contributed by atoms with Crippen LogP contribution >= 0.6 is 22.7 Å². The number of rotatable bonds is 8. The molecule has 1 aliphatic heterocycles. The summed E-state index contributed by atoms with van der Waals surface area (Å²) < 4.78 is 10.7. The van der Waals surface area contributed by atoms with Crippen LogP contribution in [0.25, 0.3) is 0 Å². The Morgan fingerprint density at radius 2 is 1.83 bits per heavy atom. The van der Waals surface area contributed by atoms with Crippen LogP contribution in [0.1, 0.15) is 28.6 Å². The van der Waals surface area contributed by atoms with Gasteiger partial charge in [-0.05, 0) is 35.0 Å². The standard InChI is InChI=1S/C22H20N2O4S2/c25-21(15-28-22(26)10-11-27-16-6-2-1-3-7-16)24-18(20-9-5-13-30-20)14-17(23-24)19-8-4-12-29-19/h1-9,12-13,18H,10-11,14-15H2. The number of hydrazone groups is 1. The number of ether oxygens (including phenoxy) is 2. The van der Waals surface area contributed by atoms with Crippen molar-refractivity contribution >= 4 is 40.3 Å². The third-order valence-electron chi connectivity index (χ3n) is 4.52. The molecule has 6 nitrogen and oxygen atoms in total. The van der Waals surface area contributed by atoms with Crippen LogP contribution in [-0.4, -0.2) is 35.8 Å². The van der Waals surface area contributed by atoms with Crippen LogP contribution in [-0.2, 0) is 14.3 Å². The van der Waals surface area contributed by atoms with E-state index in [0.29, 0.717) is 12.2 Å². The lowest BCUT2D eigenvalue weighted by molar-refractivity contribution is -0.153. The zero-order valence-electron chi connectivity index (χ0n) is 16.1. The van der Waals surface area contributed by atoms with Crippen LogP contribution < -0.4 is 4.74 Å². The lowest BCUT2D eigenvalue weighted by Crippen LogP contribution is -2.31. The van der Waals surface area contributed by atoms with Crippen LogP contribution in [0, 0.1) is 0 Å². The highest BCUT2D eigenvalue weighted by Crippen LogP contribution is 2.35. The molecule has 30 heavy (non-hydrogen) atoms. The highest BCUT2D eigenvalue weighted by atomic mass is 32.1. The molecule has 3 heterocycles. The molecule has 1 aliphatic rings. The van der Waals surface area contributed by atoms with E-state index in [-0.39, 0.29) is 31.6 Å². The van der Waals surface area contributed by atoms with E-state index in [0.717, 1.165) is 15.5 Å². The van der Waals surface area contributed by atoms with Gasteiger partial charge in [0.05, 0.1) is 29.7 Å². The Hall–Kier alpha value is -2.97. The number of thiophene rings is 2. The van der Waals surface area contributed by atoms with Gasteiger partial charge in [-0.15, -0.1) is 22.7 Å². The predicted molar refractivity (Wildman–Crippen MR) is 117 cm³/mol. The maximum Gasteiger partial charge on any atom is 0.309 e. The molecule has 154 valence electrons. The Kier molecular flexibility index (Phi) is 6.56. The minimum atomic E-state index is -0.478. The fourth-order valence-electron chi connectivity index (χ4n) is 3.08. The first-order valence-corrected chi connectivity index (χ1v) is 11.3. The van der Waals surface area contributed by atoms with Crippen LogP contribution in [0.2, 0.25) is 0 Å². The Balaban J connectivity index is 1.33. The summed E-state index contributed by atoms with van der Waals surface area (Å²) in [6, 6.07) is 17.0. The summed E-state index contributed by atoms with van der Waals surface area (Å²) in [5, 5.41) is 9.97. The van der Waals surface area contributed by atoms with Crippen LogP contribution in [0.3, 0.4) is 0 Å². The summed E-state index contributed by atoms with van der Waals surface area (Å²) in [5.74, 6) is -0.126. The highest BCUT2D eigenvalue weighted by molar-refractivity contribution is 7.12. The Labute approximate surface area is 182 Å². The molecule has 1 amide bonds. The maximum absolute atomic E-state index is 12.8. The summed E-state index contributed by atoms with van der Waals surface area (Å²) >= 11 is 3.18. The van der Waals surface area contributed by atoms with Crippen molar-refractivity contribution in [3.8, 4) is 5.75 Å². The van der Waals surface area contributed by atoms with Gasteiger partial charge in [-0.1, -0.05) is 30.3 Å². The normalized spacial score (nSPS) is 15.7. The number of hydrogen-bond acceptors (Lipinski definition) is 7. The third-order valence-corrected chi connectivity index (χ3v) is 6.41. The lowest BCUT2D eigenvalue weighted by Gasteiger charge is -2.20. The second-order valence-corrected chi connectivity index (χ2v) is 8.50. The fourth-order valence-corrected chi connectivity index (χ4v) is 4.62. The smallest absolute Gasteiger partial charge is 0.309 e. The molecule has 1 atom stereocenters. The van der Waals surface area contributed by atoms with Crippen molar-refractivity contribution in [2.24, 2.45) is 5.10 Å². The molecule has 0 bridgehead atoms. The molecule has 8 heteroatoms. The van der Waals surface area contributed by atoms with Gasteiger partial charge in [0.1, 0.15) is 5.75 Å². The van der Waals surface area contributed by atoms with E-state index < -0.39 is 5.97 Å². The zero-order chi connectivity index (χ0) is 20.8. The number of nitrogens with zero attached hydrogens (tertiary/aromatic N) is 2. The molecular formula is C22H20N2O4S2. The first-order valence-electron chi connectivity index (χ1n) is 9.51. The van der Waals surface area contributed by atoms with Crippen molar-refractivity contribution in [3.63, 3.8) is 0 Å². The second-order valence-electron chi connectivity index (χ2n) is 6.57. The molecule has 0 N–H and O–H groups in total. The van der Waals surface area contributed by atoms with Gasteiger partial charge in [0.15, 0.2) is 6.61 Å². The van der Waals surface area contributed by atoms with Crippen molar-refractivity contribution in [2.45, 2.75) is 18.9 Å². The SMILES string of the molecule is O=C(CCOc1ccccc1)OCC(=O)N1N=C(c2cccs2)CC1c1cccs1. The Morgan fingerprint density at radius 1 is 1.03 bits per heavy atom. The average Bonchev–Trinajstić information content (AvgIpc) is 3.53. The second kappa shape index (κ2) is 9.69. The monoisotopic (exact) mass is 440 g/mol. The summed E-state index contributed by atoms with van der Waals surface area (Å²) in [5.41, 5.74) is 0.874. The Morgan fingerprint density at radius 3 is 2.57 bits per heavy atom. The van der Waals surface area contributed by atoms with E-state index >= 15 is 0 Å². The molecule has 1 aromatic carbocycles. The first-order chi connectivity index (χ1) is 14.7. The molecule has 0 saturated heterocycles. The van der Waals surface area contributed by atoms with Crippen LogP contribution in [0.5, 0.6) is 5.75 Å². The lowest BCUT2D eigenvalue weighted by atomic mass is 10.1. The number of benzene rings is 1. The summed E-state index contributed by atoms with van der Waals surface area (Å²) in [4.78, 5) is 26.9. The molecule has 1 unspecified atom stereocenters. The van der Waals surface area contributed by atoms with Gasteiger partial charge in [0.25, 0.3) is 5.91 Å². The Bertz CT molecular complexity index is 1000. The third kappa shape index (κ3) is 4.95. The maximum atomic E-state index is 12.8. The van der Waals surface area contributed by atoms with Crippen molar-refractivity contribution in [1.82, 2.24) is 5.01 Å². The number of hydrogen-bond donors (Lipinski definition) is 0. The topological polar surface area (TPSA) is 68.2 Å². The number of amides is 1. The van der Waals surface area contributed by atoms with Gasteiger partial charge in [0, 0.05) is 11.3 Å². The largest absolute Gasteiger partial charge is 0.493 e. The fraction of sp³-hybridized carbons (Fsp3) is 0.227. The van der Waals surface area contributed by atoms with Gasteiger partial charge < -0.3 is 9.47 Å². The number of carbonyl (C=O) groups excluding carboxylic acids is 2. The van der Waals surface area contributed by atoms with E-state index in [9.17, 15) is 9.59 Å². The van der Waals surface area contributed by atoms with Crippen molar-refractivity contribution in [2.75, 3.05) is 13.2 Å². The van der Waals surface area contributed by atoms with Crippen LogP contribution in [0.15, 0.2) is 70.5 Å². The molecule has 2 aromatic heterocycles. The molecule has 0 saturated carbocycles. The minimum absolute atomic E-state index is 0.0697. The van der Waals surface area contributed by atoms with Crippen molar-refractivity contribution < 1.29 is 19.1 Å². The van der Waals surface area contributed by atoms with Gasteiger partial charge in [-0.25, -0.2) is 5.01 Å². The molecule has 3 aromatic rings. The molecule has 0 fully saturated rings. The van der Waals surface area contributed by atoms with E-state index in [4.69, 9.17) is 9.47 Å². The quantitative estimate of drug-likeness (QED) is 0.484. The zero-order valence-corrected chi connectivity index (χ0v) is 17.7.